The molecule has 0 spiro atoms. The first-order chi connectivity index (χ1) is 36.2. The Bertz CT molecular complexity index is 2750. The third-order valence-electron chi connectivity index (χ3n) is 16.3. The van der Waals surface area contributed by atoms with Crippen molar-refractivity contribution >= 4 is 46.3 Å². The summed E-state index contributed by atoms with van der Waals surface area (Å²) in [5.41, 5.74) is 10.6. The molecule has 5 heterocycles. The Labute approximate surface area is 446 Å². The van der Waals surface area contributed by atoms with Crippen molar-refractivity contribution in [2.75, 3.05) is 30.3 Å². The van der Waals surface area contributed by atoms with Crippen LogP contribution in [0.25, 0.3) is 21.6 Å². The van der Waals surface area contributed by atoms with Crippen LogP contribution in [0.1, 0.15) is 126 Å². The molecule has 3 aromatic carbocycles. The Morgan fingerprint density at radius 2 is 1.53 bits per heavy atom. The van der Waals surface area contributed by atoms with Crippen LogP contribution in [0.5, 0.6) is 0 Å². The fourth-order valence-electron chi connectivity index (χ4n) is 12.2. The summed E-state index contributed by atoms with van der Waals surface area (Å²) in [5.74, 6) is 0.603. The lowest BCUT2D eigenvalue weighted by molar-refractivity contribution is -0.144. The number of carbonyl (C=O) groups excluding carboxylic acids is 4. The molecule has 5 aromatic rings. The summed E-state index contributed by atoms with van der Waals surface area (Å²) in [5, 5.41) is 33.8. The van der Waals surface area contributed by atoms with Gasteiger partial charge in [-0.05, 0) is 133 Å². The molecule has 6 atom stereocenters. The maximum Gasteiger partial charge on any atom is 0.246 e. The SMILES string of the molecule is Cc1ncsc1-c1ccc(CNC(=O)[C@@H]2C[C@@H](O)CN2C(=O)[C@@H](NC(=O)CCCC2CCC(CCCC(=O)Nc3cccc(-c4ccc5c(c4)[C@H]4[C@H](CCN4Cc4ccncc4)[C@@H](CO)N5)c3)CC2)C(C)(C)C)cc1. The van der Waals surface area contributed by atoms with Gasteiger partial charge in [-0.15, -0.1) is 11.3 Å². The van der Waals surface area contributed by atoms with Gasteiger partial charge in [0.05, 0.1) is 34.8 Å². The average molecular weight is 1040 g/mol. The number of aliphatic hydroxyl groups is 2. The van der Waals surface area contributed by atoms with E-state index in [0.29, 0.717) is 30.6 Å². The summed E-state index contributed by atoms with van der Waals surface area (Å²) >= 11 is 1.59. The normalized spacial score (nSPS) is 22.9. The number of β-amino-alcohol motifs (C(OH)–C–C–N with tert-alkyl or cyclic N) is 1. The lowest BCUT2D eigenvalue weighted by Crippen LogP contribution is -2.57. The largest absolute Gasteiger partial charge is 0.394 e. The number of amides is 4. The molecule has 14 nitrogen and oxygen atoms in total. The number of carbonyl (C=O) groups is 4. The van der Waals surface area contributed by atoms with Crippen molar-refractivity contribution in [1.29, 1.82) is 0 Å². The topological polar surface area (TPSA) is 189 Å². The number of thiazole rings is 1. The number of pyridine rings is 1. The highest BCUT2D eigenvalue weighted by Crippen LogP contribution is 2.48. The van der Waals surface area contributed by atoms with Crippen LogP contribution in [-0.2, 0) is 32.3 Å². The molecule has 1 aliphatic carbocycles. The maximum atomic E-state index is 14.2. The molecule has 398 valence electrons. The van der Waals surface area contributed by atoms with E-state index in [1.165, 1.54) is 16.0 Å². The molecular weight excluding hydrogens is 961 g/mol. The third kappa shape index (κ3) is 13.3. The van der Waals surface area contributed by atoms with Crippen molar-refractivity contribution in [2.45, 2.75) is 148 Å². The van der Waals surface area contributed by atoms with Crippen molar-refractivity contribution in [3.05, 3.63) is 119 Å². The molecule has 2 aromatic heterocycles. The number of hydrogen-bond donors (Lipinski definition) is 6. The number of anilines is 2. The molecule has 3 fully saturated rings. The van der Waals surface area contributed by atoms with Gasteiger partial charge in [0.2, 0.25) is 23.6 Å². The van der Waals surface area contributed by atoms with Crippen molar-refractivity contribution in [3.63, 3.8) is 0 Å². The van der Waals surface area contributed by atoms with Crippen molar-refractivity contribution in [3.8, 4) is 21.6 Å². The lowest BCUT2D eigenvalue weighted by Gasteiger charge is -2.39. The van der Waals surface area contributed by atoms with E-state index in [-0.39, 0.29) is 61.8 Å². The highest BCUT2D eigenvalue weighted by atomic mass is 32.1. The minimum Gasteiger partial charge on any atom is -0.394 e. The lowest BCUT2D eigenvalue weighted by atomic mass is 9.78. The molecule has 2 saturated heterocycles. The zero-order valence-electron chi connectivity index (χ0n) is 44.1. The molecular formula is C60H76N8O6S. The second-order valence-electron chi connectivity index (χ2n) is 22.7. The zero-order chi connectivity index (χ0) is 52.6. The molecule has 15 heteroatoms. The van der Waals surface area contributed by atoms with E-state index in [1.54, 1.807) is 11.3 Å². The summed E-state index contributed by atoms with van der Waals surface area (Å²) in [4.78, 5) is 68.0. The molecule has 0 unspecified atom stereocenters. The highest BCUT2D eigenvalue weighted by molar-refractivity contribution is 7.13. The molecule has 1 saturated carbocycles. The van der Waals surface area contributed by atoms with Crippen molar-refractivity contribution in [1.82, 2.24) is 30.4 Å². The van der Waals surface area contributed by atoms with Crippen LogP contribution < -0.4 is 21.3 Å². The zero-order valence-corrected chi connectivity index (χ0v) is 44.9. The smallest absolute Gasteiger partial charge is 0.246 e. The number of hydrogen-bond acceptors (Lipinski definition) is 11. The average Bonchev–Trinajstić information content (AvgIpc) is 4.16. The third-order valence-corrected chi connectivity index (χ3v) is 17.3. The van der Waals surface area contributed by atoms with Gasteiger partial charge in [0.25, 0.3) is 0 Å². The van der Waals surface area contributed by atoms with Crippen molar-refractivity contribution < 1.29 is 29.4 Å². The van der Waals surface area contributed by atoms with Gasteiger partial charge < -0.3 is 36.4 Å². The van der Waals surface area contributed by atoms with E-state index in [0.717, 1.165) is 115 Å². The van der Waals surface area contributed by atoms with Crippen LogP contribution >= 0.6 is 11.3 Å². The van der Waals surface area contributed by atoms with Crippen LogP contribution in [0.2, 0.25) is 0 Å². The quantitative estimate of drug-likeness (QED) is 0.0465. The highest BCUT2D eigenvalue weighted by Gasteiger charge is 2.45. The van der Waals surface area contributed by atoms with E-state index in [9.17, 15) is 29.4 Å². The number of aromatic nitrogens is 2. The van der Waals surface area contributed by atoms with Crippen LogP contribution in [-0.4, -0.2) is 97.5 Å². The number of nitrogens with zero attached hydrogens (tertiary/aromatic N) is 4. The summed E-state index contributed by atoms with van der Waals surface area (Å²) in [6.07, 6.45) is 12.8. The first-order valence-corrected chi connectivity index (χ1v) is 28.2. The fourth-order valence-corrected chi connectivity index (χ4v) is 13.0. The molecule has 6 N–H and O–H groups in total. The number of nitrogens with one attached hydrogen (secondary N) is 4. The number of rotatable bonds is 19. The van der Waals surface area contributed by atoms with E-state index in [2.05, 4.69) is 78.6 Å². The van der Waals surface area contributed by atoms with E-state index < -0.39 is 23.6 Å². The molecule has 4 aliphatic rings. The Morgan fingerprint density at radius 3 is 2.21 bits per heavy atom. The van der Waals surface area contributed by atoms with Gasteiger partial charge in [0, 0.05) is 74.6 Å². The van der Waals surface area contributed by atoms with Gasteiger partial charge >= 0.3 is 0 Å². The standard InChI is InChI=1S/C60H76N8O6S/c1-38-56(75-37-63-38)43-20-18-41(19-21-43)33-62-58(73)52-32-47(70)35-68(52)59(74)57(60(2,3)4)66-54(72)13-6-9-40-16-14-39(15-17-40)8-5-12-53(71)64-46-11-7-10-44(30-46)45-22-23-50-49(31-45)55-48(51(36-69)65-50)26-29-67(55)34-42-24-27-61-28-25-42/h7,10-11,18-25,27-28,30-31,37,39-40,47-48,51-52,55,57,65,69-70H,5-6,8-9,12-17,26,29,32-36H2,1-4H3,(H,62,73)(H,64,71)(H,66,72)/t39?,40?,47-,48-,51-,52+,55-,57-/m1/s1. The number of fused-ring (bicyclic) bond motifs is 3. The van der Waals surface area contributed by atoms with E-state index >= 15 is 0 Å². The maximum absolute atomic E-state index is 14.2. The number of benzene rings is 3. The van der Waals surface area contributed by atoms with Crippen LogP contribution in [0.3, 0.4) is 0 Å². The van der Waals surface area contributed by atoms with E-state index in [4.69, 9.17) is 0 Å². The number of likely N-dealkylation sites (tertiary alicyclic amines) is 2. The molecule has 0 radical (unpaired) electrons. The first kappa shape index (κ1) is 53.8. The Balaban J connectivity index is 0.688. The van der Waals surface area contributed by atoms with Crippen LogP contribution in [0, 0.1) is 30.1 Å². The van der Waals surface area contributed by atoms with Crippen LogP contribution in [0.4, 0.5) is 11.4 Å². The van der Waals surface area contributed by atoms with Gasteiger partial charge in [-0.3, -0.25) is 29.1 Å². The van der Waals surface area contributed by atoms with Gasteiger partial charge in [0.1, 0.15) is 12.1 Å². The Kier molecular flexibility index (Phi) is 17.5. The van der Waals surface area contributed by atoms with Gasteiger partial charge in [-0.1, -0.05) is 88.9 Å². The number of aliphatic hydroxyl groups excluding tert-OH is 2. The predicted octanol–water partition coefficient (Wildman–Crippen LogP) is 9.42. The predicted molar refractivity (Wildman–Crippen MR) is 295 cm³/mol. The minimum atomic E-state index is -0.854. The minimum absolute atomic E-state index is 0.00975. The Hall–Kier alpha value is -6.00. The summed E-state index contributed by atoms with van der Waals surface area (Å²) < 4.78 is 0. The molecule has 0 bridgehead atoms. The summed E-state index contributed by atoms with van der Waals surface area (Å²) in [7, 11) is 0. The summed E-state index contributed by atoms with van der Waals surface area (Å²) in [6.45, 7) is 9.91. The van der Waals surface area contributed by atoms with Crippen LogP contribution in [0.15, 0.2) is 96.8 Å². The van der Waals surface area contributed by atoms with E-state index in [1.807, 2.05) is 82.0 Å². The Morgan fingerprint density at radius 1 is 0.840 bits per heavy atom. The molecule has 75 heavy (non-hydrogen) atoms. The second kappa shape index (κ2) is 24.3. The van der Waals surface area contributed by atoms with Gasteiger partial charge in [-0.25, -0.2) is 4.98 Å². The molecule has 9 rings (SSSR count). The number of aryl methyl sites for hydroxylation is 1. The monoisotopic (exact) mass is 1040 g/mol. The van der Waals surface area contributed by atoms with Gasteiger partial charge in [-0.2, -0.15) is 0 Å². The molecule has 3 aliphatic heterocycles. The second-order valence-corrected chi connectivity index (χ2v) is 23.6. The summed E-state index contributed by atoms with van der Waals surface area (Å²) in [6, 6.07) is 25.3. The van der Waals surface area contributed by atoms with Gasteiger partial charge in [0.15, 0.2) is 0 Å². The van der Waals surface area contributed by atoms with Crippen molar-refractivity contribution in [2.24, 2.45) is 23.2 Å². The molecule has 4 amide bonds. The first-order valence-electron chi connectivity index (χ1n) is 27.3. The fraction of sp³-hybridized carbons (Fsp3) is 0.500.